The van der Waals surface area contributed by atoms with Crippen molar-refractivity contribution in [3.8, 4) is 0 Å². The minimum Gasteiger partial charge on any atom is -0.375 e. The maximum absolute atomic E-state index is 12.1. The van der Waals surface area contributed by atoms with Crippen molar-refractivity contribution >= 4 is 21.4 Å². The fourth-order valence-corrected chi connectivity index (χ4v) is 5.63. The fourth-order valence-electron chi connectivity index (χ4n) is 3.13. The molecule has 2 aliphatic heterocycles. The third-order valence-corrected chi connectivity index (χ3v) is 7.25. The number of ether oxygens (including phenoxy) is 1. The second kappa shape index (κ2) is 5.16. The molecule has 1 aromatic rings. The van der Waals surface area contributed by atoms with Crippen LogP contribution < -0.4 is 4.72 Å². The summed E-state index contributed by atoms with van der Waals surface area (Å²) in [5.74, 6) is 0.533. The normalized spacial score (nSPS) is 30.1. The highest BCUT2D eigenvalue weighted by Gasteiger charge is 2.40. The summed E-state index contributed by atoms with van der Waals surface area (Å²) in [6.07, 6.45) is 5.12. The first-order valence-corrected chi connectivity index (χ1v) is 9.12. The Hall–Kier alpha value is -0.430. The van der Waals surface area contributed by atoms with Crippen molar-refractivity contribution < 1.29 is 13.2 Å². The lowest BCUT2D eigenvalue weighted by Crippen LogP contribution is -2.28. The van der Waals surface area contributed by atoms with Crippen LogP contribution in [0.2, 0.25) is 0 Å². The Labute approximate surface area is 118 Å². The van der Waals surface area contributed by atoms with Crippen molar-refractivity contribution in [1.82, 2.24) is 4.72 Å². The van der Waals surface area contributed by atoms with E-state index in [0.29, 0.717) is 28.9 Å². The number of fused-ring (bicyclic) bond motifs is 2. The van der Waals surface area contributed by atoms with Gasteiger partial charge in [0.2, 0.25) is 10.0 Å². The van der Waals surface area contributed by atoms with Gasteiger partial charge in [0.15, 0.2) is 0 Å². The van der Waals surface area contributed by atoms with Crippen LogP contribution in [0.5, 0.6) is 0 Å². The number of aryl methyl sites for hydroxylation is 1. The van der Waals surface area contributed by atoms with Crippen molar-refractivity contribution in [3.05, 3.63) is 17.0 Å². The molecule has 6 heteroatoms. The van der Waals surface area contributed by atoms with Crippen molar-refractivity contribution in [2.24, 2.45) is 5.92 Å². The van der Waals surface area contributed by atoms with Crippen molar-refractivity contribution in [1.29, 1.82) is 0 Å². The van der Waals surface area contributed by atoms with E-state index in [2.05, 4.69) is 4.72 Å². The number of thiophene rings is 1. The van der Waals surface area contributed by atoms with E-state index in [1.165, 1.54) is 17.8 Å². The van der Waals surface area contributed by atoms with Crippen LogP contribution >= 0.6 is 11.3 Å². The van der Waals surface area contributed by atoms with E-state index in [4.69, 9.17) is 4.74 Å². The molecule has 2 bridgehead atoms. The van der Waals surface area contributed by atoms with Crippen LogP contribution in [0.25, 0.3) is 0 Å². The zero-order chi connectivity index (χ0) is 13.5. The molecule has 106 valence electrons. The molecule has 19 heavy (non-hydrogen) atoms. The summed E-state index contributed by atoms with van der Waals surface area (Å²) < 4.78 is 33.2. The Morgan fingerprint density at radius 1 is 1.47 bits per heavy atom. The molecule has 3 heterocycles. The Morgan fingerprint density at radius 3 is 2.89 bits per heavy atom. The standard InChI is InChI=1S/C13H19NO3S2/c1-9-5-7-18-13(9)19(15,16)14-6-4-10-8-11-2-3-12(10)17-11/h5,7,10-12,14H,2-4,6,8H2,1H3. The molecule has 2 fully saturated rings. The molecule has 0 aliphatic carbocycles. The topological polar surface area (TPSA) is 55.4 Å². The smallest absolute Gasteiger partial charge is 0.250 e. The maximum Gasteiger partial charge on any atom is 0.250 e. The van der Waals surface area contributed by atoms with Crippen LogP contribution in [0.15, 0.2) is 15.7 Å². The molecule has 1 aromatic heterocycles. The largest absolute Gasteiger partial charge is 0.375 e. The summed E-state index contributed by atoms with van der Waals surface area (Å²) >= 11 is 1.28. The number of nitrogens with one attached hydrogen (secondary N) is 1. The van der Waals surface area contributed by atoms with Gasteiger partial charge in [0.05, 0.1) is 12.2 Å². The maximum atomic E-state index is 12.1. The average molecular weight is 301 g/mol. The zero-order valence-corrected chi connectivity index (χ0v) is 12.6. The van der Waals surface area contributed by atoms with E-state index in [-0.39, 0.29) is 0 Å². The third-order valence-electron chi connectivity index (χ3n) is 4.10. The summed E-state index contributed by atoms with van der Waals surface area (Å²) in [7, 11) is -3.32. The number of sulfonamides is 1. The summed E-state index contributed by atoms with van der Waals surface area (Å²) in [4.78, 5) is 0. The lowest BCUT2D eigenvalue weighted by Gasteiger charge is -2.18. The quantitative estimate of drug-likeness (QED) is 0.908. The Morgan fingerprint density at radius 2 is 2.32 bits per heavy atom. The van der Waals surface area contributed by atoms with E-state index in [1.807, 2.05) is 18.4 Å². The molecule has 4 nitrogen and oxygen atoms in total. The van der Waals surface area contributed by atoms with Crippen LogP contribution in [-0.4, -0.2) is 27.2 Å². The second-order valence-electron chi connectivity index (χ2n) is 5.45. The molecule has 0 radical (unpaired) electrons. The van der Waals surface area contributed by atoms with Crippen LogP contribution in [0.1, 0.15) is 31.2 Å². The first-order valence-electron chi connectivity index (χ1n) is 6.75. The van der Waals surface area contributed by atoms with Gasteiger partial charge >= 0.3 is 0 Å². The van der Waals surface area contributed by atoms with Gasteiger partial charge in [-0.25, -0.2) is 13.1 Å². The van der Waals surface area contributed by atoms with Gasteiger partial charge in [0.25, 0.3) is 0 Å². The van der Waals surface area contributed by atoms with Gasteiger partial charge in [-0.2, -0.15) is 0 Å². The van der Waals surface area contributed by atoms with E-state index < -0.39 is 10.0 Å². The monoisotopic (exact) mass is 301 g/mol. The predicted molar refractivity (Wildman–Crippen MR) is 74.9 cm³/mol. The molecule has 2 aliphatic rings. The summed E-state index contributed by atoms with van der Waals surface area (Å²) in [6.45, 7) is 2.34. The third kappa shape index (κ3) is 2.72. The molecule has 3 unspecified atom stereocenters. The average Bonchev–Trinajstić information content (AvgIpc) is 3.04. The molecule has 3 rings (SSSR count). The minimum absolute atomic E-state index is 0.373. The second-order valence-corrected chi connectivity index (χ2v) is 8.33. The van der Waals surface area contributed by atoms with Gasteiger partial charge in [-0.05, 0) is 55.5 Å². The molecule has 0 aromatic carbocycles. The Kier molecular flexibility index (Phi) is 3.68. The van der Waals surface area contributed by atoms with Gasteiger partial charge in [0, 0.05) is 6.54 Å². The first-order chi connectivity index (χ1) is 9.06. The minimum atomic E-state index is -3.32. The first kappa shape index (κ1) is 13.5. The zero-order valence-electron chi connectivity index (χ0n) is 11.0. The van der Waals surface area contributed by atoms with Gasteiger partial charge in [-0.15, -0.1) is 11.3 Å². The number of hydrogen-bond donors (Lipinski definition) is 1. The Bertz CT molecular complexity index is 552. The summed E-state index contributed by atoms with van der Waals surface area (Å²) in [5, 5.41) is 1.81. The van der Waals surface area contributed by atoms with Gasteiger partial charge in [-0.3, -0.25) is 0 Å². The lowest BCUT2D eigenvalue weighted by atomic mass is 9.87. The predicted octanol–water partition coefficient (Wildman–Crippen LogP) is 2.29. The lowest BCUT2D eigenvalue weighted by molar-refractivity contribution is 0.0915. The summed E-state index contributed by atoms with van der Waals surface area (Å²) in [6, 6.07) is 1.84. The molecule has 0 amide bonds. The van der Waals surface area contributed by atoms with Crippen molar-refractivity contribution in [2.75, 3.05) is 6.54 Å². The van der Waals surface area contributed by atoms with Crippen LogP contribution in [-0.2, 0) is 14.8 Å². The number of hydrogen-bond acceptors (Lipinski definition) is 4. The van der Waals surface area contributed by atoms with Gasteiger partial charge in [0.1, 0.15) is 4.21 Å². The van der Waals surface area contributed by atoms with Crippen molar-refractivity contribution in [2.45, 2.75) is 49.0 Å². The van der Waals surface area contributed by atoms with E-state index in [1.54, 1.807) is 0 Å². The molecular formula is C13H19NO3S2. The molecular weight excluding hydrogens is 282 g/mol. The van der Waals surface area contributed by atoms with Crippen LogP contribution in [0.3, 0.4) is 0 Å². The van der Waals surface area contributed by atoms with E-state index >= 15 is 0 Å². The SMILES string of the molecule is Cc1ccsc1S(=O)(=O)NCCC1CC2CCC1O2. The summed E-state index contributed by atoms with van der Waals surface area (Å²) in [5.41, 5.74) is 0.820. The molecule has 0 saturated carbocycles. The van der Waals surface area contributed by atoms with Crippen LogP contribution in [0, 0.1) is 12.8 Å². The molecule has 0 spiro atoms. The van der Waals surface area contributed by atoms with E-state index in [9.17, 15) is 8.42 Å². The van der Waals surface area contributed by atoms with E-state index in [0.717, 1.165) is 24.8 Å². The van der Waals surface area contributed by atoms with Gasteiger partial charge in [-0.1, -0.05) is 0 Å². The Balaban J connectivity index is 1.54. The highest BCUT2D eigenvalue weighted by molar-refractivity contribution is 7.91. The highest BCUT2D eigenvalue weighted by atomic mass is 32.2. The van der Waals surface area contributed by atoms with Crippen LogP contribution in [0.4, 0.5) is 0 Å². The molecule has 3 atom stereocenters. The molecule has 2 saturated heterocycles. The highest BCUT2D eigenvalue weighted by Crippen LogP contribution is 2.40. The van der Waals surface area contributed by atoms with Gasteiger partial charge < -0.3 is 4.74 Å². The van der Waals surface area contributed by atoms with Crippen molar-refractivity contribution in [3.63, 3.8) is 0 Å². The molecule has 1 N–H and O–H groups in total. The number of rotatable bonds is 5. The fraction of sp³-hybridized carbons (Fsp3) is 0.692.